The molecule has 1 aliphatic carbocycles. The maximum Gasteiger partial charge on any atom is 0.0837 e. The summed E-state index contributed by atoms with van der Waals surface area (Å²) in [5, 5.41) is 0. The minimum absolute atomic E-state index is 0.443. The summed E-state index contributed by atoms with van der Waals surface area (Å²) in [6.45, 7) is 1.61. The Hall–Kier alpha value is -0.0800. The highest BCUT2D eigenvalue weighted by atomic mass is 16.6. The molecule has 0 unspecified atom stereocenters. The molecule has 0 N–H and O–H groups in total. The second-order valence-electron chi connectivity index (χ2n) is 2.75. The van der Waals surface area contributed by atoms with E-state index in [1.54, 1.807) is 0 Å². The normalized spacial score (nSPS) is 42.7. The fourth-order valence-corrected chi connectivity index (χ4v) is 1.67. The van der Waals surface area contributed by atoms with Gasteiger partial charge in [0.15, 0.2) is 0 Å². The number of hydrogen-bond donors (Lipinski definition) is 0. The Morgan fingerprint density at radius 3 is 2.00 bits per heavy atom. The van der Waals surface area contributed by atoms with Crippen molar-refractivity contribution in [2.75, 3.05) is 13.2 Å². The molecule has 52 valence electrons. The summed E-state index contributed by atoms with van der Waals surface area (Å²) in [5.74, 6) is 0. The fraction of sp³-hybridized carbons (Fsp3) is 1.00. The van der Waals surface area contributed by atoms with Crippen LogP contribution >= 0.6 is 0 Å². The zero-order chi connectivity index (χ0) is 6.10. The van der Waals surface area contributed by atoms with Gasteiger partial charge in [0.2, 0.25) is 0 Å². The SMILES string of the molecule is C1C[C@@H]2OCCO[C@H]2C1. The Morgan fingerprint density at radius 2 is 1.44 bits per heavy atom. The van der Waals surface area contributed by atoms with Gasteiger partial charge in [0.05, 0.1) is 25.4 Å². The third-order valence-corrected chi connectivity index (χ3v) is 2.14. The van der Waals surface area contributed by atoms with Crippen LogP contribution in [0, 0.1) is 0 Å². The van der Waals surface area contributed by atoms with E-state index in [1.807, 2.05) is 0 Å². The van der Waals surface area contributed by atoms with Crippen molar-refractivity contribution in [2.24, 2.45) is 0 Å². The Labute approximate surface area is 55.1 Å². The lowest BCUT2D eigenvalue weighted by Crippen LogP contribution is -2.33. The van der Waals surface area contributed by atoms with Crippen LogP contribution < -0.4 is 0 Å². The van der Waals surface area contributed by atoms with Crippen LogP contribution in [-0.4, -0.2) is 25.4 Å². The van der Waals surface area contributed by atoms with Gasteiger partial charge in [0, 0.05) is 0 Å². The van der Waals surface area contributed by atoms with E-state index in [1.165, 1.54) is 19.3 Å². The molecule has 2 heteroatoms. The van der Waals surface area contributed by atoms with Crippen molar-refractivity contribution in [1.29, 1.82) is 0 Å². The van der Waals surface area contributed by atoms with E-state index in [0.29, 0.717) is 12.2 Å². The van der Waals surface area contributed by atoms with Crippen LogP contribution in [0.15, 0.2) is 0 Å². The number of ether oxygens (including phenoxy) is 2. The smallest absolute Gasteiger partial charge is 0.0837 e. The van der Waals surface area contributed by atoms with Crippen molar-refractivity contribution in [3.05, 3.63) is 0 Å². The summed E-state index contributed by atoms with van der Waals surface area (Å²) in [4.78, 5) is 0. The van der Waals surface area contributed by atoms with Crippen LogP contribution in [0.4, 0.5) is 0 Å². The first-order valence-corrected chi connectivity index (χ1v) is 3.70. The second-order valence-corrected chi connectivity index (χ2v) is 2.75. The molecule has 2 atom stereocenters. The summed E-state index contributed by atoms with van der Waals surface area (Å²) < 4.78 is 11.0. The van der Waals surface area contributed by atoms with E-state index in [2.05, 4.69) is 0 Å². The van der Waals surface area contributed by atoms with E-state index in [4.69, 9.17) is 9.47 Å². The molecule has 0 aromatic heterocycles. The van der Waals surface area contributed by atoms with Gasteiger partial charge in [-0.3, -0.25) is 0 Å². The minimum Gasteiger partial charge on any atom is -0.373 e. The Bertz CT molecular complexity index is 91.1. The van der Waals surface area contributed by atoms with Crippen molar-refractivity contribution in [3.8, 4) is 0 Å². The lowest BCUT2D eigenvalue weighted by Gasteiger charge is -2.25. The quantitative estimate of drug-likeness (QED) is 0.483. The molecule has 2 fully saturated rings. The van der Waals surface area contributed by atoms with Gasteiger partial charge in [-0.05, 0) is 19.3 Å². The molecule has 0 amide bonds. The minimum atomic E-state index is 0.443. The topological polar surface area (TPSA) is 18.5 Å². The Kier molecular flexibility index (Phi) is 1.44. The first-order chi connectivity index (χ1) is 4.47. The first-order valence-electron chi connectivity index (χ1n) is 3.70. The van der Waals surface area contributed by atoms with E-state index < -0.39 is 0 Å². The zero-order valence-corrected chi connectivity index (χ0v) is 5.51. The molecule has 2 nitrogen and oxygen atoms in total. The van der Waals surface area contributed by atoms with Crippen LogP contribution in [-0.2, 0) is 9.47 Å². The molecule has 1 saturated carbocycles. The highest BCUT2D eigenvalue weighted by molar-refractivity contribution is 4.80. The fourth-order valence-electron chi connectivity index (χ4n) is 1.67. The number of hydrogen-bond acceptors (Lipinski definition) is 2. The van der Waals surface area contributed by atoms with Crippen LogP contribution in [0.5, 0.6) is 0 Å². The largest absolute Gasteiger partial charge is 0.373 e. The van der Waals surface area contributed by atoms with Crippen molar-refractivity contribution in [1.82, 2.24) is 0 Å². The molecule has 0 spiro atoms. The Balaban J connectivity index is 1.97. The van der Waals surface area contributed by atoms with Crippen LogP contribution in [0.25, 0.3) is 0 Å². The summed E-state index contributed by atoms with van der Waals surface area (Å²) in [6.07, 6.45) is 4.60. The third-order valence-electron chi connectivity index (χ3n) is 2.14. The molecular formula is C7H12O2. The molecular weight excluding hydrogens is 116 g/mol. The molecule has 9 heavy (non-hydrogen) atoms. The molecule has 2 rings (SSSR count). The molecule has 1 saturated heterocycles. The first kappa shape index (κ1) is 5.69. The van der Waals surface area contributed by atoms with Gasteiger partial charge in [-0.15, -0.1) is 0 Å². The second kappa shape index (κ2) is 2.27. The predicted octanol–water partition coefficient (Wildman–Crippen LogP) is 0.954. The molecule has 0 radical (unpaired) electrons. The summed E-state index contributed by atoms with van der Waals surface area (Å²) >= 11 is 0. The van der Waals surface area contributed by atoms with Gasteiger partial charge in [0.25, 0.3) is 0 Å². The van der Waals surface area contributed by atoms with Gasteiger partial charge >= 0.3 is 0 Å². The van der Waals surface area contributed by atoms with Gasteiger partial charge in [0.1, 0.15) is 0 Å². The average molecular weight is 128 g/mol. The van der Waals surface area contributed by atoms with E-state index in [9.17, 15) is 0 Å². The van der Waals surface area contributed by atoms with Crippen LogP contribution in [0.3, 0.4) is 0 Å². The van der Waals surface area contributed by atoms with Crippen LogP contribution in [0.2, 0.25) is 0 Å². The van der Waals surface area contributed by atoms with E-state index in [-0.39, 0.29) is 0 Å². The van der Waals surface area contributed by atoms with Crippen LogP contribution in [0.1, 0.15) is 19.3 Å². The van der Waals surface area contributed by atoms with Gasteiger partial charge < -0.3 is 9.47 Å². The van der Waals surface area contributed by atoms with Crippen molar-refractivity contribution in [2.45, 2.75) is 31.5 Å². The molecule has 2 aliphatic rings. The van der Waals surface area contributed by atoms with E-state index in [0.717, 1.165) is 13.2 Å². The van der Waals surface area contributed by atoms with Crippen molar-refractivity contribution >= 4 is 0 Å². The maximum atomic E-state index is 5.48. The molecule has 0 bridgehead atoms. The summed E-state index contributed by atoms with van der Waals surface area (Å²) in [5.41, 5.74) is 0. The lowest BCUT2D eigenvalue weighted by atomic mass is 10.2. The maximum absolute atomic E-state index is 5.48. The standard InChI is InChI=1S/C7H12O2/c1-2-6-7(3-1)9-5-4-8-6/h6-7H,1-5H2/t6-,7-/m0/s1. The zero-order valence-electron chi connectivity index (χ0n) is 5.51. The summed E-state index contributed by atoms with van der Waals surface area (Å²) in [6, 6.07) is 0. The average Bonchev–Trinajstić information content (AvgIpc) is 2.33. The number of fused-ring (bicyclic) bond motifs is 1. The highest BCUT2D eigenvalue weighted by Gasteiger charge is 2.31. The van der Waals surface area contributed by atoms with Gasteiger partial charge in [-0.25, -0.2) is 0 Å². The third kappa shape index (κ3) is 0.970. The van der Waals surface area contributed by atoms with Gasteiger partial charge in [-0.2, -0.15) is 0 Å². The molecule has 0 aromatic carbocycles. The van der Waals surface area contributed by atoms with Crippen molar-refractivity contribution < 1.29 is 9.47 Å². The van der Waals surface area contributed by atoms with Gasteiger partial charge in [-0.1, -0.05) is 0 Å². The molecule has 1 aliphatic heterocycles. The monoisotopic (exact) mass is 128 g/mol. The van der Waals surface area contributed by atoms with E-state index >= 15 is 0 Å². The highest BCUT2D eigenvalue weighted by Crippen LogP contribution is 2.26. The molecule has 0 aromatic rings. The Morgan fingerprint density at radius 1 is 0.889 bits per heavy atom. The lowest BCUT2D eigenvalue weighted by molar-refractivity contribution is -0.124. The predicted molar refractivity (Wildman–Crippen MR) is 33.3 cm³/mol. The molecule has 1 heterocycles. The van der Waals surface area contributed by atoms with Crippen molar-refractivity contribution in [3.63, 3.8) is 0 Å². The number of rotatable bonds is 0. The summed E-state index contributed by atoms with van der Waals surface area (Å²) in [7, 11) is 0.